The van der Waals surface area contributed by atoms with E-state index in [0.29, 0.717) is 0 Å². The van der Waals surface area contributed by atoms with E-state index in [9.17, 15) is 0 Å². The summed E-state index contributed by atoms with van der Waals surface area (Å²) in [5, 5.41) is 7.32. The second kappa shape index (κ2) is 12.0. The van der Waals surface area contributed by atoms with Gasteiger partial charge in [-0.05, 0) is 83.7 Å². The molecule has 0 atom stereocenters. The van der Waals surface area contributed by atoms with Crippen LogP contribution in [-0.4, -0.2) is 0 Å². The van der Waals surface area contributed by atoms with Crippen LogP contribution in [0.1, 0.15) is 0 Å². The molecule has 0 bridgehead atoms. The van der Waals surface area contributed by atoms with Crippen molar-refractivity contribution in [2.24, 2.45) is 0 Å². The number of benzene rings is 9. The highest BCUT2D eigenvalue weighted by atomic mass is 16.3. The van der Waals surface area contributed by atoms with E-state index < -0.39 is 0 Å². The maximum atomic E-state index is 6.40. The van der Waals surface area contributed by atoms with E-state index in [2.05, 4.69) is 188 Å². The van der Waals surface area contributed by atoms with E-state index in [1.54, 1.807) is 0 Å². The lowest BCUT2D eigenvalue weighted by molar-refractivity contribution is 0.669. The Bertz CT molecular complexity index is 2800. The van der Waals surface area contributed by atoms with Crippen molar-refractivity contribution < 1.29 is 4.42 Å². The molecule has 1 heterocycles. The lowest BCUT2D eigenvalue weighted by Gasteiger charge is -2.18. The monoisotopic (exact) mass is 648 g/mol. The van der Waals surface area contributed by atoms with E-state index in [-0.39, 0.29) is 0 Å². The van der Waals surface area contributed by atoms with Crippen molar-refractivity contribution in [1.29, 1.82) is 0 Å². The summed E-state index contributed by atoms with van der Waals surface area (Å²) in [6.07, 6.45) is 0. The van der Waals surface area contributed by atoms with Gasteiger partial charge in [0, 0.05) is 16.3 Å². The third-order valence-electron chi connectivity index (χ3n) is 10.3. The van der Waals surface area contributed by atoms with Crippen LogP contribution in [0.25, 0.3) is 99.1 Å². The molecule has 0 aliphatic heterocycles. The fourth-order valence-corrected chi connectivity index (χ4v) is 7.99. The summed E-state index contributed by atoms with van der Waals surface area (Å²) in [6, 6.07) is 69.9. The number of furan rings is 1. The van der Waals surface area contributed by atoms with Crippen LogP contribution >= 0.6 is 0 Å². The van der Waals surface area contributed by atoms with E-state index in [1.807, 2.05) is 6.07 Å². The molecule has 10 rings (SSSR count). The van der Waals surface area contributed by atoms with Crippen LogP contribution in [0.2, 0.25) is 0 Å². The van der Waals surface area contributed by atoms with Crippen molar-refractivity contribution in [3.05, 3.63) is 194 Å². The van der Waals surface area contributed by atoms with Gasteiger partial charge in [-0.2, -0.15) is 0 Å². The van der Waals surface area contributed by atoms with Gasteiger partial charge in [0.1, 0.15) is 11.2 Å². The number of hydrogen-bond acceptors (Lipinski definition) is 1. The van der Waals surface area contributed by atoms with Crippen molar-refractivity contribution in [3.8, 4) is 55.6 Å². The van der Waals surface area contributed by atoms with Gasteiger partial charge in [-0.3, -0.25) is 0 Å². The first-order valence-corrected chi connectivity index (χ1v) is 17.5. The van der Waals surface area contributed by atoms with Crippen molar-refractivity contribution in [2.75, 3.05) is 0 Å². The first-order valence-electron chi connectivity index (χ1n) is 17.5. The minimum atomic E-state index is 0.898. The molecule has 0 fully saturated rings. The van der Waals surface area contributed by atoms with Crippen LogP contribution in [0, 0.1) is 0 Å². The molecule has 10 aromatic rings. The number of fused-ring (bicyclic) bond motifs is 5. The van der Waals surface area contributed by atoms with Gasteiger partial charge in [0.15, 0.2) is 0 Å². The Morgan fingerprint density at radius 2 is 0.627 bits per heavy atom. The van der Waals surface area contributed by atoms with Crippen LogP contribution in [0.5, 0.6) is 0 Å². The maximum Gasteiger partial charge on any atom is 0.136 e. The molecule has 0 saturated carbocycles. The van der Waals surface area contributed by atoms with Gasteiger partial charge < -0.3 is 4.42 Å². The fraction of sp³-hybridized carbons (Fsp3) is 0. The average molecular weight is 649 g/mol. The second-order valence-corrected chi connectivity index (χ2v) is 13.2. The highest BCUT2D eigenvalue weighted by Gasteiger charge is 2.19. The lowest BCUT2D eigenvalue weighted by Crippen LogP contribution is -1.91. The standard InChI is InChI=1S/C50H32O/c1-3-13-33(14-4-1)34-23-27-38(28-24-34)49-39(31-32-46-50(49)44-21-11-12-22-45(44)51-46)35-25-29-37(30-26-35)48-42-19-9-7-17-40(42)47(36-15-5-2-6-16-36)41-18-8-10-20-43(41)48/h1-32H. The van der Waals surface area contributed by atoms with E-state index in [4.69, 9.17) is 4.42 Å². The smallest absolute Gasteiger partial charge is 0.136 e. The zero-order valence-electron chi connectivity index (χ0n) is 27.9. The van der Waals surface area contributed by atoms with E-state index >= 15 is 0 Å². The maximum absolute atomic E-state index is 6.40. The van der Waals surface area contributed by atoms with Crippen LogP contribution in [0.15, 0.2) is 199 Å². The quantitative estimate of drug-likeness (QED) is 0.169. The third-order valence-corrected chi connectivity index (χ3v) is 10.3. The normalized spacial score (nSPS) is 11.5. The Kier molecular flexibility index (Phi) is 6.89. The average Bonchev–Trinajstić information content (AvgIpc) is 3.59. The van der Waals surface area contributed by atoms with E-state index in [0.717, 1.165) is 21.9 Å². The van der Waals surface area contributed by atoms with Crippen LogP contribution in [0.4, 0.5) is 0 Å². The third kappa shape index (κ3) is 4.86. The Balaban J connectivity index is 1.16. The zero-order valence-corrected chi connectivity index (χ0v) is 27.9. The van der Waals surface area contributed by atoms with Crippen LogP contribution in [0.3, 0.4) is 0 Å². The molecule has 238 valence electrons. The second-order valence-electron chi connectivity index (χ2n) is 13.2. The summed E-state index contributed by atoms with van der Waals surface area (Å²) >= 11 is 0. The minimum Gasteiger partial charge on any atom is -0.456 e. The van der Waals surface area contributed by atoms with Gasteiger partial charge in [0.05, 0.1) is 0 Å². The van der Waals surface area contributed by atoms with E-state index in [1.165, 1.54) is 77.2 Å². The van der Waals surface area contributed by atoms with Crippen molar-refractivity contribution in [2.45, 2.75) is 0 Å². The number of hydrogen-bond donors (Lipinski definition) is 0. The van der Waals surface area contributed by atoms with Crippen molar-refractivity contribution >= 4 is 43.5 Å². The molecule has 0 spiro atoms. The first-order chi connectivity index (χ1) is 25.3. The zero-order chi connectivity index (χ0) is 33.7. The Labute approximate surface area is 296 Å². The topological polar surface area (TPSA) is 13.1 Å². The molecule has 9 aromatic carbocycles. The predicted molar refractivity (Wildman–Crippen MR) is 216 cm³/mol. The minimum absolute atomic E-state index is 0.898. The molecular formula is C50H32O. The summed E-state index contributed by atoms with van der Waals surface area (Å²) in [6.45, 7) is 0. The highest BCUT2D eigenvalue weighted by molar-refractivity contribution is 6.21. The number of rotatable bonds is 5. The van der Waals surface area contributed by atoms with Gasteiger partial charge in [-0.1, -0.05) is 182 Å². The lowest BCUT2D eigenvalue weighted by atomic mass is 9.85. The first kappa shape index (κ1) is 29.2. The Morgan fingerprint density at radius 1 is 0.235 bits per heavy atom. The van der Waals surface area contributed by atoms with Crippen LogP contribution in [-0.2, 0) is 0 Å². The summed E-state index contributed by atoms with van der Waals surface area (Å²) < 4.78 is 6.40. The SMILES string of the molecule is c1ccc(-c2ccc(-c3c(-c4ccc(-c5c6ccccc6c(-c6ccccc6)c6ccccc56)cc4)ccc4oc5ccccc5c34)cc2)cc1. The fourth-order valence-electron chi connectivity index (χ4n) is 7.99. The molecule has 1 nitrogen and oxygen atoms in total. The van der Waals surface area contributed by atoms with Crippen molar-refractivity contribution in [3.63, 3.8) is 0 Å². The molecule has 1 heteroatoms. The van der Waals surface area contributed by atoms with Crippen molar-refractivity contribution in [1.82, 2.24) is 0 Å². The summed E-state index contributed by atoms with van der Waals surface area (Å²) in [4.78, 5) is 0. The molecule has 0 amide bonds. The number of para-hydroxylation sites is 1. The summed E-state index contributed by atoms with van der Waals surface area (Å²) in [5.74, 6) is 0. The highest BCUT2D eigenvalue weighted by Crippen LogP contribution is 2.46. The van der Waals surface area contributed by atoms with Gasteiger partial charge in [-0.15, -0.1) is 0 Å². The summed E-state index contributed by atoms with van der Waals surface area (Å²) in [7, 11) is 0. The van der Waals surface area contributed by atoms with Gasteiger partial charge in [0.2, 0.25) is 0 Å². The van der Waals surface area contributed by atoms with Gasteiger partial charge in [0.25, 0.3) is 0 Å². The predicted octanol–water partition coefficient (Wildman–Crippen LogP) is 14.2. The molecule has 1 aromatic heterocycles. The molecule has 0 N–H and O–H groups in total. The Morgan fingerprint density at radius 3 is 1.20 bits per heavy atom. The largest absolute Gasteiger partial charge is 0.456 e. The Hall–Kier alpha value is -6.70. The molecular weight excluding hydrogens is 617 g/mol. The molecule has 0 aliphatic rings. The summed E-state index contributed by atoms with van der Waals surface area (Å²) in [5.41, 5.74) is 13.9. The molecule has 0 unspecified atom stereocenters. The molecule has 51 heavy (non-hydrogen) atoms. The molecule has 0 radical (unpaired) electrons. The van der Waals surface area contributed by atoms with Gasteiger partial charge in [-0.25, -0.2) is 0 Å². The van der Waals surface area contributed by atoms with Crippen LogP contribution < -0.4 is 0 Å². The molecule has 0 saturated heterocycles. The van der Waals surface area contributed by atoms with Gasteiger partial charge >= 0.3 is 0 Å². The molecule has 0 aliphatic carbocycles.